The second kappa shape index (κ2) is 2.25. The maximum atomic E-state index is 11.1. The zero-order valence-electron chi connectivity index (χ0n) is 6.79. The van der Waals surface area contributed by atoms with Crippen LogP contribution < -0.4 is 11.1 Å². The summed E-state index contributed by atoms with van der Waals surface area (Å²) < 4.78 is 0. The number of imide groups is 1. The van der Waals surface area contributed by atoms with E-state index in [1.54, 1.807) is 6.92 Å². The molecule has 1 aliphatic rings. The van der Waals surface area contributed by atoms with Gasteiger partial charge in [-0.1, -0.05) is 0 Å². The predicted octanol–water partition coefficient (Wildman–Crippen LogP) is -0.749. The zero-order chi connectivity index (χ0) is 9.59. The molecule has 0 saturated carbocycles. The van der Waals surface area contributed by atoms with Gasteiger partial charge in [-0.3, -0.25) is 14.9 Å². The first kappa shape index (κ1) is 7.66. The first-order chi connectivity index (χ1) is 6.09. The van der Waals surface area contributed by atoms with E-state index < -0.39 is 11.8 Å². The Balaban J connectivity index is 2.77. The molecule has 0 fully saturated rings. The van der Waals surface area contributed by atoms with Crippen LogP contribution in [0.5, 0.6) is 0 Å². The van der Waals surface area contributed by atoms with Gasteiger partial charge in [0.05, 0.1) is 0 Å². The number of aryl methyl sites for hydroxylation is 1. The lowest BCUT2D eigenvalue weighted by molar-refractivity contribution is 0.0878. The third-order valence-corrected chi connectivity index (χ3v) is 1.72. The van der Waals surface area contributed by atoms with Crippen LogP contribution in [0, 0.1) is 6.92 Å². The van der Waals surface area contributed by atoms with Gasteiger partial charge in [-0.15, -0.1) is 0 Å². The number of nitrogen functional groups attached to an aromatic ring is 1. The molecule has 0 saturated heterocycles. The number of hydrogen-bond donors (Lipinski definition) is 2. The number of carbonyl (C=O) groups excluding carboxylic acids is 2. The van der Waals surface area contributed by atoms with Crippen LogP contribution in [0.4, 0.5) is 5.82 Å². The topological polar surface area (TPSA) is 98.0 Å². The fourth-order valence-corrected chi connectivity index (χ4v) is 1.21. The van der Waals surface area contributed by atoms with Crippen molar-refractivity contribution in [2.45, 2.75) is 6.92 Å². The average Bonchev–Trinajstić information content (AvgIpc) is 2.27. The highest BCUT2D eigenvalue weighted by molar-refractivity contribution is 6.22. The molecule has 1 aromatic rings. The Kier molecular flexibility index (Phi) is 1.33. The van der Waals surface area contributed by atoms with Crippen molar-refractivity contribution in [3.8, 4) is 0 Å². The van der Waals surface area contributed by atoms with Crippen molar-refractivity contribution in [1.29, 1.82) is 0 Å². The van der Waals surface area contributed by atoms with Gasteiger partial charge in [0.1, 0.15) is 22.9 Å². The minimum Gasteiger partial charge on any atom is -0.383 e. The fourth-order valence-electron chi connectivity index (χ4n) is 1.21. The molecule has 0 radical (unpaired) electrons. The normalized spacial score (nSPS) is 14.2. The van der Waals surface area contributed by atoms with Gasteiger partial charge >= 0.3 is 0 Å². The van der Waals surface area contributed by atoms with E-state index in [1.165, 1.54) is 0 Å². The number of rotatable bonds is 0. The maximum absolute atomic E-state index is 11.1. The Hall–Kier alpha value is -1.98. The summed E-state index contributed by atoms with van der Waals surface area (Å²) in [6, 6.07) is 0. The van der Waals surface area contributed by atoms with Crippen LogP contribution in [0.25, 0.3) is 0 Å². The van der Waals surface area contributed by atoms with Gasteiger partial charge < -0.3 is 5.73 Å². The van der Waals surface area contributed by atoms with Gasteiger partial charge in [0.2, 0.25) is 0 Å². The van der Waals surface area contributed by atoms with E-state index in [9.17, 15) is 9.59 Å². The molecule has 13 heavy (non-hydrogen) atoms. The lowest BCUT2D eigenvalue weighted by Crippen LogP contribution is -2.20. The monoisotopic (exact) mass is 178 g/mol. The van der Waals surface area contributed by atoms with Crippen LogP contribution in [0.15, 0.2) is 0 Å². The summed E-state index contributed by atoms with van der Waals surface area (Å²) in [5.41, 5.74) is 5.61. The summed E-state index contributed by atoms with van der Waals surface area (Å²) in [5, 5.41) is 2.09. The number of anilines is 1. The molecule has 2 amide bonds. The minimum atomic E-state index is -0.530. The van der Waals surface area contributed by atoms with Crippen LogP contribution >= 0.6 is 0 Å². The third-order valence-electron chi connectivity index (χ3n) is 1.72. The van der Waals surface area contributed by atoms with Crippen LogP contribution in [0.2, 0.25) is 0 Å². The lowest BCUT2D eigenvalue weighted by Gasteiger charge is -1.98. The quantitative estimate of drug-likeness (QED) is 0.509. The minimum absolute atomic E-state index is 0.0471. The predicted molar refractivity (Wildman–Crippen MR) is 43.0 cm³/mol. The van der Waals surface area contributed by atoms with E-state index in [4.69, 9.17) is 5.73 Å². The molecule has 6 heteroatoms. The van der Waals surface area contributed by atoms with E-state index in [1.807, 2.05) is 0 Å². The van der Waals surface area contributed by atoms with E-state index >= 15 is 0 Å². The van der Waals surface area contributed by atoms with Crippen LogP contribution in [0.3, 0.4) is 0 Å². The highest BCUT2D eigenvalue weighted by atomic mass is 16.2. The van der Waals surface area contributed by atoms with Gasteiger partial charge in [0, 0.05) is 0 Å². The Bertz CT molecular complexity index is 427. The second-order valence-corrected chi connectivity index (χ2v) is 2.66. The molecule has 0 aromatic carbocycles. The number of amides is 2. The molecule has 1 aromatic heterocycles. The average molecular weight is 178 g/mol. The summed E-state index contributed by atoms with van der Waals surface area (Å²) in [7, 11) is 0. The van der Waals surface area contributed by atoms with Gasteiger partial charge in [0.25, 0.3) is 11.8 Å². The number of nitrogens with zero attached hydrogens (tertiary/aromatic N) is 2. The van der Waals surface area contributed by atoms with Crippen molar-refractivity contribution in [2.24, 2.45) is 0 Å². The first-order valence-corrected chi connectivity index (χ1v) is 3.59. The number of carbonyl (C=O) groups is 2. The second-order valence-electron chi connectivity index (χ2n) is 2.66. The van der Waals surface area contributed by atoms with Gasteiger partial charge in [-0.05, 0) is 6.92 Å². The smallest absolute Gasteiger partial charge is 0.277 e. The van der Waals surface area contributed by atoms with Crippen molar-refractivity contribution in [3.05, 3.63) is 17.1 Å². The largest absolute Gasteiger partial charge is 0.383 e. The summed E-state index contributed by atoms with van der Waals surface area (Å²) in [6.45, 7) is 1.60. The Labute approximate surface area is 73.2 Å². The maximum Gasteiger partial charge on any atom is 0.277 e. The Morgan fingerprint density at radius 1 is 1.23 bits per heavy atom. The molecule has 3 N–H and O–H groups in total. The standard InChI is InChI=1S/C7H6N4O2/c1-2-9-4-3(5(8)10-2)6(12)11-7(4)13/h1H3,(H2,8,9,10)(H,11,12,13). The molecule has 0 bridgehead atoms. The molecule has 6 nitrogen and oxygen atoms in total. The van der Waals surface area contributed by atoms with Crippen LogP contribution in [0.1, 0.15) is 26.7 Å². The molecular weight excluding hydrogens is 172 g/mol. The van der Waals surface area contributed by atoms with Gasteiger partial charge in [-0.2, -0.15) is 0 Å². The summed E-state index contributed by atoms with van der Waals surface area (Å²) in [5.74, 6) is -0.623. The number of nitrogens with one attached hydrogen (secondary N) is 1. The Morgan fingerprint density at radius 3 is 2.62 bits per heavy atom. The molecule has 2 rings (SSSR count). The molecule has 0 spiro atoms. The van der Waals surface area contributed by atoms with Crippen LogP contribution in [-0.2, 0) is 0 Å². The molecule has 1 aliphatic heterocycles. The van der Waals surface area contributed by atoms with E-state index in [-0.39, 0.29) is 17.1 Å². The lowest BCUT2D eigenvalue weighted by atomic mass is 10.2. The van der Waals surface area contributed by atoms with E-state index in [0.717, 1.165) is 0 Å². The van der Waals surface area contributed by atoms with Gasteiger partial charge in [0.15, 0.2) is 0 Å². The Morgan fingerprint density at radius 2 is 1.92 bits per heavy atom. The summed E-state index contributed by atoms with van der Waals surface area (Å²) in [4.78, 5) is 29.8. The van der Waals surface area contributed by atoms with E-state index in [2.05, 4.69) is 15.3 Å². The van der Waals surface area contributed by atoms with Crippen molar-refractivity contribution in [1.82, 2.24) is 15.3 Å². The highest BCUT2D eigenvalue weighted by Crippen LogP contribution is 2.17. The highest BCUT2D eigenvalue weighted by Gasteiger charge is 2.31. The number of hydrogen-bond acceptors (Lipinski definition) is 5. The van der Waals surface area contributed by atoms with E-state index in [0.29, 0.717) is 5.82 Å². The van der Waals surface area contributed by atoms with Gasteiger partial charge in [-0.25, -0.2) is 9.97 Å². The van der Waals surface area contributed by atoms with Crippen molar-refractivity contribution >= 4 is 17.6 Å². The molecule has 0 aliphatic carbocycles. The zero-order valence-corrected chi connectivity index (χ0v) is 6.79. The number of nitrogens with two attached hydrogens (primary N) is 1. The molecule has 0 atom stereocenters. The molecule has 2 heterocycles. The molecule has 0 unspecified atom stereocenters. The first-order valence-electron chi connectivity index (χ1n) is 3.59. The fraction of sp³-hybridized carbons (Fsp3) is 0.143. The van der Waals surface area contributed by atoms with Crippen molar-refractivity contribution in [3.63, 3.8) is 0 Å². The summed E-state index contributed by atoms with van der Waals surface area (Å²) in [6.07, 6.45) is 0. The number of fused-ring (bicyclic) bond motifs is 1. The third kappa shape index (κ3) is 0.952. The van der Waals surface area contributed by atoms with Crippen molar-refractivity contribution < 1.29 is 9.59 Å². The molecule has 66 valence electrons. The van der Waals surface area contributed by atoms with Crippen molar-refractivity contribution in [2.75, 3.05) is 5.73 Å². The SMILES string of the molecule is Cc1nc(N)c2c(n1)C(=O)NC2=O. The van der Waals surface area contributed by atoms with Crippen LogP contribution in [-0.4, -0.2) is 21.8 Å². The number of aromatic nitrogens is 2. The molecular formula is C7H6N4O2. The summed E-state index contributed by atoms with van der Waals surface area (Å²) >= 11 is 0.